The third kappa shape index (κ3) is 2.89. The van der Waals surface area contributed by atoms with E-state index in [9.17, 15) is 22.9 Å². The molecule has 1 fully saturated rings. The number of nitrogens with zero attached hydrogens (tertiary/aromatic N) is 2. The van der Waals surface area contributed by atoms with Gasteiger partial charge in [0, 0.05) is 25.8 Å². The maximum absolute atomic E-state index is 13.5. The number of aliphatic hydroxyl groups is 1. The second-order valence-electron chi connectivity index (χ2n) is 5.03. The number of nitro groups is 1. The topological polar surface area (TPSA) is 101 Å². The van der Waals surface area contributed by atoms with Gasteiger partial charge in [0.1, 0.15) is 0 Å². The van der Waals surface area contributed by atoms with E-state index in [1.54, 1.807) is 0 Å². The number of aryl methyl sites for hydroxylation is 1. The molecule has 116 valence electrons. The number of hydrogen-bond donors (Lipinski definition) is 1. The summed E-state index contributed by atoms with van der Waals surface area (Å²) < 4.78 is 39.6. The van der Waals surface area contributed by atoms with Gasteiger partial charge in [0.25, 0.3) is 0 Å². The number of nitro benzene ring substituents is 1. The lowest BCUT2D eigenvalue weighted by atomic mass is 10.1. The molecular formula is C12H15FN2O5S. The molecule has 0 aliphatic carbocycles. The molecule has 9 heteroatoms. The largest absolute Gasteiger partial charge is 0.396 e. The second kappa shape index (κ2) is 5.66. The Labute approximate surface area is 121 Å². The fourth-order valence-electron chi connectivity index (χ4n) is 2.36. The molecule has 1 aliphatic heterocycles. The summed E-state index contributed by atoms with van der Waals surface area (Å²) in [4.78, 5) is 9.54. The van der Waals surface area contributed by atoms with Gasteiger partial charge in [0.05, 0.1) is 9.82 Å². The molecule has 1 N–H and O–H groups in total. The molecule has 1 aromatic carbocycles. The van der Waals surface area contributed by atoms with Gasteiger partial charge in [0.2, 0.25) is 15.8 Å². The predicted molar refractivity (Wildman–Crippen MR) is 71.7 cm³/mol. The van der Waals surface area contributed by atoms with Crippen LogP contribution < -0.4 is 0 Å². The molecule has 1 atom stereocenters. The molecule has 1 unspecified atom stereocenters. The Hall–Kier alpha value is -1.58. The van der Waals surface area contributed by atoms with E-state index in [0.717, 1.165) is 16.4 Å². The van der Waals surface area contributed by atoms with E-state index in [4.69, 9.17) is 5.11 Å². The number of benzene rings is 1. The molecule has 0 aromatic heterocycles. The van der Waals surface area contributed by atoms with Crippen molar-refractivity contribution in [1.82, 2.24) is 4.31 Å². The Bertz CT molecular complexity index is 676. The fraction of sp³-hybridized carbons (Fsp3) is 0.500. The van der Waals surface area contributed by atoms with Gasteiger partial charge >= 0.3 is 5.69 Å². The van der Waals surface area contributed by atoms with Crippen molar-refractivity contribution in [2.45, 2.75) is 18.2 Å². The molecule has 21 heavy (non-hydrogen) atoms. The molecular weight excluding hydrogens is 303 g/mol. The van der Waals surface area contributed by atoms with Crippen LogP contribution in [0.15, 0.2) is 17.0 Å². The first-order chi connectivity index (χ1) is 9.77. The zero-order valence-corrected chi connectivity index (χ0v) is 12.1. The lowest BCUT2D eigenvalue weighted by Gasteiger charge is -2.17. The summed E-state index contributed by atoms with van der Waals surface area (Å²) in [6.07, 6.45) is 0.526. The van der Waals surface area contributed by atoms with Crippen LogP contribution in [0.3, 0.4) is 0 Å². The maximum atomic E-state index is 13.5. The summed E-state index contributed by atoms with van der Waals surface area (Å²) >= 11 is 0. The maximum Gasteiger partial charge on any atom is 0.306 e. The van der Waals surface area contributed by atoms with Crippen molar-refractivity contribution >= 4 is 15.7 Å². The number of aliphatic hydroxyl groups excluding tert-OH is 1. The first-order valence-electron chi connectivity index (χ1n) is 6.33. The van der Waals surface area contributed by atoms with Crippen LogP contribution in [0.5, 0.6) is 0 Å². The Morgan fingerprint density at radius 2 is 2.19 bits per heavy atom. The lowest BCUT2D eigenvalue weighted by molar-refractivity contribution is -0.387. The molecule has 2 rings (SSSR count). The van der Waals surface area contributed by atoms with Crippen molar-refractivity contribution in [3.05, 3.63) is 33.6 Å². The van der Waals surface area contributed by atoms with Crippen molar-refractivity contribution in [3.8, 4) is 0 Å². The summed E-state index contributed by atoms with van der Waals surface area (Å²) in [6, 6.07) is 1.61. The Morgan fingerprint density at radius 1 is 1.52 bits per heavy atom. The van der Waals surface area contributed by atoms with Crippen molar-refractivity contribution in [2.24, 2.45) is 5.92 Å². The minimum atomic E-state index is -3.93. The summed E-state index contributed by atoms with van der Waals surface area (Å²) in [5.41, 5.74) is -0.748. The van der Waals surface area contributed by atoms with Crippen LogP contribution in [0.2, 0.25) is 0 Å². The minimum Gasteiger partial charge on any atom is -0.396 e. The molecule has 0 radical (unpaired) electrons. The van der Waals surface area contributed by atoms with E-state index < -0.39 is 26.5 Å². The van der Waals surface area contributed by atoms with E-state index >= 15 is 0 Å². The number of halogens is 1. The van der Waals surface area contributed by atoms with E-state index in [-0.39, 0.29) is 36.1 Å². The van der Waals surface area contributed by atoms with Gasteiger partial charge in [0.15, 0.2) is 0 Å². The standard InChI is InChI=1S/C12H15FN2O5S/c1-8-4-10(13)11(15(17)18)5-12(8)21(19,20)14-3-2-9(6-14)7-16/h4-5,9,16H,2-3,6-7H2,1H3. The van der Waals surface area contributed by atoms with Gasteiger partial charge in [-0.1, -0.05) is 0 Å². The van der Waals surface area contributed by atoms with Crippen LogP contribution in [0.4, 0.5) is 10.1 Å². The zero-order chi connectivity index (χ0) is 15.8. The van der Waals surface area contributed by atoms with Crippen molar-refractivity contribution < 1.29 is 22.8 Å². The SMILES string of the molecule is Cc1cc(F)c([N+](=O)[O-])cc1S(=O)(=O)N1CCC(CO)C1. The van der Waals surface area contributed by atoms with Gasteiger partial charge < -0.3 is 5.11 Å². The number of rotatable bonds is 4. The second-order valence-corrected chi connectivity index (χ2v) is 6.93. The van der Waals surface area contributed by atoms with E-state index in [0.29, 0.717) is 6.42 Å². The molecule has 7 nitrogen and oxygen atoms in total. The third-order valence-corrected chi connectivity index (χ3v) is 5.57. The van der Waals surface area contributed by atoms with E-state index in [1.165, 1.54) is 6.92 Å². The van der Waals surface area contributed by atoms with E-state index in [1.807, 2.05) is 0 Å². The Kier molecular flexibility index (Phi) is 4.26. The van der Waals surface area contributed by atoms with Gasteiger partial charge in [-0.25, -0.2) is 8.42 Å². The van der Waals surface area contributed by atoms with Gasteiger partial charge in [-0.05, 0) is 30.9 Å². The highest BCUT2D eigenvalue weighted by Gasteiger charge is 2.34. The van der Waals surface area contributed by atoms with Crippen LogP contribution in [0.25, 0.3) is 0 Å². The highest BCUT2D eigenvalue weighted by atomic mass is 32.2. The fourth-order valence-corrected chi connectivity index (χ4v) is 4.12. The van der Waals surface area contributed by atoms with Crippen LogP contribution in [-0.2, 0) is 10.0 Å². The first kappa shape index (κ1) is 15.8. The zero-order valence-electron chi connectivity index (χ0n) is 11.3. The molecule has 1 aromatic rings. The molecule has 0 spiro atoms. The minimum absolute atomic E-state index is 0.116. The smallest absolute Gasteiger partial charge is 0.306 e. The summed E-state index contributed by atoms with van der Waals surface area (Å²) in [5.74, 6) is -1.21. The van der Waals surface area contributed by atoms with Crippen LogP contribution in [0, 0.1) is 28.8 Å². The summed E-state index contributed by atoms with van der Waals surface area (Å²) in [5, 5.41) is 19.8. The first-order valence-corrected chi connectivity index (χ1v) is 7.77. The quantitative estimate of drug-likeness (QED) is 0.660. The molecule has 0 saturated carbocycles. The van der Waals surface area contributed by atoms with Crippen LogP contribution in [-0.4, -0.2) is 42.4 Å². The van der Waals surface area contributed by atoms with Gasteiger partial charge in [-0.15, -0.1) is 0 Å². The summed E-state index contributed by atoms with van der Waals surface area (Å²) in [6.45, 7) is 1.66. The average molecular weight is 318 g/mol. The van der Waals surface area contributed by atoms with Gasteiger partial charge in [-0.3, -0.25) is 10.1 Å². The number of sulfonamides is 1. The normalized spacial score (nSPS) is 19.9. The predicted octanol–water partition coefficient (Wildman–Crippen LogP) is 1.05. The average Bonchev–Trinajstić information content (AvgIpc) is 2.87. The number of hydrogen-bond acceptors (Lipinski definition) is 5. The molecule has 0 amide bonds. The molecule has 1 heterocycles. The van der Waals surface area contributed by atoms with Crippen molar-refractivity contribution in [2.75, 3.05) is 19.7 Å². The Morgan fingerprint density at radius 3 is 2.71 bits per heavy atom. The highest BCUT2D eigenvalue weighted by Crippen LogP contribution is 2.30. The van der Waals surface area contributed by atoms with Crippen molar-refractivity contribution in [1.29, 1.82) is 0 Å². The summed E-state index contributed by atoms with van der Waals surface area (Å²) in [7, 11) is -3.93. The molecule has 1 aliphatic rings. The lowest BCUT2D eigenvalue weighted by Crippen LogP contribution is -2.30. The van der Waals surface area contributed by atoms with Gasteiger partial charge in [-0.2, -0.15) is 8.70 Å². The van der Waals surface area contributed by atoms with Crippen LogP contribution >= 0.6 is 0 Å². The van der Waals surface area contributed by atoms with Crippen LogP contribution in [0.1, 0.15) is 12.0 Å². The highest BCUT2D eigenvalue weighted by molar-refractivity contribution is 7.89. The molecule has 1 saturated heterocycles. The van der Waals surface area contributed by atoms with E-state index in [2.05, 4.69) is 0 Å². The third-order valence-electron chi connectivity index (χ3n) is 3.57. The monoisotopic (exact) mass is 318 g/mol. The molecule has 0 bridgehead atoms. The van der Waals surface area contributed by atoms with Crippen molar-refractivity contribution in [3.63, 3.8) is 0 Å². The Balaban J connectivity index is 2.45.